The molecule has 2 unspecified atom stereocenters. The Hall–Kier alpha value is -1.19. The highest BCUT2D eigenvalue weighted by Crippen LogP contribution is 2.27. The molecule has 0 saturated carbocycles. The molecule has 0 bridgehead atoms. The van der Waals surface area contributed by atoms with Crippen LogP contribution in [0.4, 0.5) is 0 Å². The number of piperazine rings is 1. The zero-order valence-corrected chi connectivity index (χ0v) is 13.8. The van der Waals surface area contributed by atoms with Gasteiger partial charge < -0.3 is 10.0 Å². The molecule has 2 fully saturated rings. The van der Waals surface area contributed by atoms with Crippen LogP contribution in [0.25, 0.3) is 0 Å². The van der Waals surface area contributed by atoms with Gasteiger partial charge >= 0.3 is 5.97 Å². The number of aliphatic carboxylic acids is 1. The fraction of sp³-hybridized carbons (Fsp3) is 0.846. The maximum atomic E-state index is 12.0. The fourth-order valence-electron chi connectivity index (χ4n) is 3.12. The van der Waals surface area contributed by atoms with E-state index in [0.717, 1.165) is 0 Å². The van der Waals surface area contributed by atoms with Crippen molar-refractivity contribution in [2.75, 3.05) is 51.8 Å². The number of hydrogen-bond donors (Lipinski definition) is 1. The number of sulfone groups is 1. The summed E-state index contributed by atoms with van der Waals surface area (Å²) in [6.45, 7) is 1.72. The number of carbonyl (C=O) groups is 2. The van der Waals surface area contributed by atoms with Crippen LogP contribution >= 0.6 is 0 Å². The average Bonchev–Trinajstić information content (AvgIpc) is 2.73. The molecule has 0 spiro atoms. The second-order valence-electron chi connectivity index (χ2n) is 6.15. The van der Waals surface area contributed by atoms with E-state index in [1.807, 2.05) is 9.80 Å². The van der Waals surface area contributed by atoms with Gasteiger partial charge in [0.25, 0.3) is 0 Å². The summed E-state index contributed by atoms with van der Waals surface area (Å²) < 4.78 is 24.0. The molecule has 2 atom stereocenters. The van der Waals surface area contributed by atoms with Gasteiger partial charge in [0.05, 0.1) is 24.5 Å². The smallest absolute Gasteiger partial charge is 0.304 e. The van der Waals surface area contributed by atoms with Crippen LogP contribution in [0.15, 0.2) is 0 Å². The molecule has 126 valence electrons. The number of carboxylic acid groups (broad SMARTS) is 1. The van der Waals surface area contributed by atoms with Crippen molar-refractivity contribution in [2.24, 2.45) is 0 Å². The highest BCUT2D eigenvalue weighted by atomic mass is 32.2. The van der Waals surface area contributed by atoms with Crippen LogP contribution < -0.4 is 0 Å². The van der Waals surface area contributed by atoms with Gasteiger partial charge in [-0.05, 0) is 0 Å². The van der Waals surface area contributed by atoms with Crippen molar-refractivity contribution >= 4 is 21.7 Å². The number of carboxylic acids is 1. The standard InChI is InChI=1S/C13H23N3O5S/c1-14(2)12(17)7-16-6-5-15(4-3-13(18)19)10-8-22(20,21)9-11(10)16/h10-11H,3-9H2,1-2H3,(H,18,19). The third-order valence-electron chi connectivity index (χ3n) is 4.36. The van der Waals surface area contributed by atoms with E-state index in [2.05, 4.69) is 0 Å². The molecule has 0 aromatic rings. The van der Waals surface area contributed by atoms with Gasteiger partial charge in [-0.15, -0.1) is 0 Å². The predicted octanol–water partition coefficient (Wildman–Crippen LogP) is -1.67. The summed E-state index contributed by atoms with van der Waals surface area (Å²) >= 11 is 0. The lowest BCUT2D eigenvalue weighted by molar-refractivity contribution is -0.137. The lowest BCUT2D eigenvalue weighted by Crippen LogP contribution is -2.60. The number of rotatable bonds is 5. The van der Waals surface area contributed by atoms with E-state index in [-0.39, 0.29) is 42.5 Å². The number of likely N-dealkylation sites (N-methyl/N-ethyl adjacent to an activating group) is 1. The van der Waals surface area contributed by atoms with E-state index in [1.54, 1.807) is 14.1 Å². The van der Waals surface area contributed by atoms with E-state index in [1.165, 1.54) is 4.90 Å². The number of carbonyl (C=O) groups excluding carboxylic acids is 1. The number of fused-ring (bicyclic) bond motifs is 1. The zero-order valence-electron chi connectivity index (χ0n) is 12.9. The third kappa shape index (κ3) is 3.96. The summed E-state index contributed by atoms with van der Waals surface area (Å²) in [5.41, 5.74) is 0. The van der Waals surface area contributed by atoms with Crippen LogP contribution in [0.1, 0.15) is 6.42 Å². The van der Waals surface area contributed by atoms with E-state index in [4.69, 9.17) is 5.11 Å². The summed E-state index contributed by atoms with van der Waals surface area (Å²) in [7, 11) is 0.205. The summed E-state index contributed by atoms with van der Waals surface area (Å²) in [6.07, 6.45) is -0.000103. The molecule has 1 N–H and O–H groups in total. The number of amides is 1. The van der Waals surface area contributed by atoms with Crippen molar-refractivity contribution in [2.45, 2.75) is 18.5 Å². The Morgan fingerprint density at radius 3 is 2.23 bits per heavy atom. The SMILES string of the molecule is CN(C)C(=O)CN1CCN(CCC(=O)O)C2CS(=O)(=O)CC21. The molecule has 2 heterocycles. The van der Waals surface area contributed by atoms with E-state index >= 15 is 0 Å². The third-order valence-corrected chi connectivity index (χ3v) is 6.05. The van der Waals surface area contributed by atoms with E-state index < -0.39 is 15.8 Å². The molecule has 9 heteroatoms. The molecule has 0 aliphatic carbocycles. The molecule has 2 rings (SSSR count). The first-order chi connectivity index (χ1) is 10.2. The van der Waals surface area contributed by atoms with Crippen molar-refractivity contribution in [1.82, 2.24) is 14.7 Å². The lowest BCUT2D eigenvalue weighted by atomic mass is 10.0. The van der Waals surface area contributed by atoms with Crippen molar-refractivity contribution in [3.8, 4) is 0 Å². The fourth-order valence-corrected chi connectivity index (χ4v) is 5.17. The van der Waals surface area contributed by atoms with Crippen molar-refractivity contribution in [1.29, 1.82) is 0 Å². The molecule has 8 nitrogen and oxygen atoms in total. The maximum absolute atomic E-state index is 12.0. The first-order valence-electron chi connectivity index (χ1n) is 7.30. The van der Waals surface area contributed by atoms with Gasteiger partial charge in [-0.2, -0.15) is 0 Å². The van der Waals surface area contributed by atoms with Crippen LogP contribution in [-0.2, 0) is 19.4 Å². The Morgan fingerprint density at radius 1 is 1.14 bits per heavy atom. The second kappa shape index (κ2) is 6.51. The quantitative estimate of drug-likeness (QED) is 0.642. The Balaban J connectivity index is 2.10. The summed E-state index contributed by atoms with van der Waals surface area (Å²) in [4.78, 5) is 28.0. The first kappa shape index (κ1) is 17.2. The molecule has 1 amide bonds. The molecule has 22 heavy (non-hydrogen) atoms. The zero-order chi connectivity index (χ0) is 16.5. The first-order valence-corrected chi connectivity index (χ1v) is 9.12. The Labute approximate surface area is 130 Å². The maximum Gasteiger partial charge on any atom is 0.304 e. The van der Waals surface area contributed by atoms with Gasteiger partial charge in [0.2, 0.25) is 5.91 Å². The van der Waals surface area contributed by atoms with Crippen LogP contribution in [0.5, 0.6) is 0 Å². The Kier molecular flexibility index (Phi) is 5.08. The molecule has 2 aliphatic rings. The molecular weight excluding hydrogens is 310 g/mol. The molecule has 2 saturated heterocycles. The summed E-state index contributed by atoms with van der Waals surface area (Å²) in [5, 5.41) is 8.81. The van der Waals surface area contributed by atoms with Crippen molar-refractivity contribution in [3.63, 3.8) is 0 Å². The van der Waals surface area contributed by atoms with Crippen molar-refractivity contribution in [3.05, 3.63) is 0 Å². The normalized spacial score (nSPS) is 28.3. The minimum Gasteiger partial charge on any atom is -0.481 e. The minimum absolute atomic E-state index is 0.000103. The summed E-state index contributed by atoms with van der Waals surface area (Å²) in [6, 6.07) is -0.440. The Morgan fingerprint density at radius 2 is 1.68 bits per heavy atom. The predicted molar refractivity (Wildman–Crippen MR) is 80.3 cm³/mol. The topological polar surface area (TPSA) is 98.2 Å². The van der Waals surface area contributed by atoms with Crippen LogP contribution in [0.2, 0.25) is 0 Å². The van der Waals surface area contributed by atoms with Gasteiger partial charge in [0.15, 0.2) is 9.84 Å². The average molecular weight is 333 g/mol. The monoisotopic (exact) mass is 333 g/mol. The molecule has 2 aliphatic heterocycles. The van der Waals surface area contributed by atoms with E-state index in [0.29, 0.717) is 19.6 Å². The van der Waals surface area contributed by atoms with Crippen LogP contribution in [0, 0.1) is 0 Å². The van der Waals surface area contributed by atoms with Gasteiger partial charge in [-0.25, -0.2) is 8.42 Å². The second-order valence-corrected chi connectivity index (χ2v) is 8.30. The van der Waals surface area contributed by atoms with Crippen LogP contribution in [0.3, 0.4) is 0 Å². The van der Waals surface area contributed by atoms with E-state index in [9.17, 15) is 18.0 Å². The Bertz CT molecular complexity index is 548. The number of hydrogen-bond acceptors (Lipinski definition) is 6. The minimum atomic E-state index is -3.14. The van der Waals surface area contributed by atoms with Gasteiger partial charge in [-0.3, -0.25) is 19.4 Å². The lowest BCUT2D eigenvalue weighted by Gasteiger charge is -2.43. The van der Waals surface area contributed by atoms with Gasteiger partial charge in [0.1, 0.15) is 0 Å². The molecule has 0 aromatic carbocycles. The largest absolute Gasteiger partial charge is 0.481 e. The van der Waals surface area contributed by atoms with Crippen molar-refractivity contribution < 1.29 is 23.1 Å². The molecular formula is C13H23N3O5S. The highest BCUT2D eigenvalue weighted by molar-refractivity contribution is 7.91. The molecule has 0 radical (unpaired) electrons. The van der Waals surface area contributed by atoms with Gasteiger partial charge in [-0.1, -0.05) is 0 Å². The van der Waals surface area contributed by atoms with Gasteiger partial charge in [0, 0.05) is 45.8 Å². The van der Waals surface area contributed by atoms with Crippen LogP contribution in [-0.4, -0.2) is 104 Å². The highest BCUT2D eigenvalue weighted by Gasteiger charge is 2.46. The molecule has 0 aromatic heterocycles. The summed E-state index contributed by atoms with van der Waals surface area (Å²) in [5.74, 6) is -0.851. The number of nitrogens with zero attached hydrogens (tertiary/aromatic N) is 3.